The van der Waals surface area contributed by atoms with Crippen molar-refractivity contribution in [1.29, 1.82) is 0 Å². The SMILES string of the molecule is CCc1ccc2c(c1C)N(C)CCO2. The van der Waals surface area contributed by atoms with Crippen molar-refractivity contribution in [3.8, 4) is 5.75 Å². The Morgan fingerprint density at radius 1 is 1.43 bits per heavy atom. The van der Waals surface area contributed by atoms with Gasteiger partial charge in [-0.1, -0.05) is 13.0 Å². The number of benzene rings is 1. The smallest absolute Gasteiger partial charge is 0.142 e. The van der Waals surface area contributed by atoms with Gasteiger partial charge < -0.3 is 9.64 Å². The van der Waals surface area contributed by atoms with E-state index in [0.29, 0.717) is 0 Å². The van der Waals surface area contributed by atoms with E-state index in [4.69, 9.17) is 4.74 Å². The first kappa shape index (κ1) is 9.38. The van der Waals surface area contributed by atoms with Gasteiger partial charge in [0.2, 0.25) is 0 Å². The van der Waals surface area contributed by atoms with Gasteiger partial charge in [0.15, 0.2) is 0 Å². The highest BCUT2D eigenvalue weighted by Gasteiger charge is 2.18. The third-order valence-corrected chi connectivity index (χ3v) is 2.95. The van der Waals surface area contributed by atoms with Crippen molar-refractivity contribution in [2.75, 3.05) is 25.1 Å². The van der Waals surface area contributed by atoms with Crippen LogP contribution in [0.15, 0.2) is 12.1 Å². The van der Waals surface area contributed by atoms with E-state index in [9.17, 15) is 0 Å². The Balaban J connectivity index is 2.54. The van der Waals surface area contributed by atoms with E-state index in [-0.39, 0.29) is 0 Å². The molecule has 1 aromatic rings. The van der Waals surface area contributed by atoms with Crippen LogP contribution in [0.3, 0.4) is 0 Å². The zero-order valence-corrected chi connectivity index (χ0v) is 9.13. The number of hydrogen-bond donors (Lipinski definition) is 0. The lowest BCUT2D eigenvalue weighted by Gasteiger charge is -2.30. The molecule has 0 saturated carbocycles. The molecule has 2 nitrogen and oxygen atoms in total. The zero-order valence-electron chi connectivity index (χ0n) is 9.13. The minimum atomic E-state index is 0.800. The molecular formula is C12H17NO. The van der Waals surface area contributed by atoms with Gasteiger partial charge in [-0.15, -0.1) is 0 Å². The lowest BCUT2D eigenvalue weighted by Crippen LogP contribution is -2.29. The van der Waals surface area contributed by atoms with Crippen LogP contribution in [0.2, 0.25) is 0 Å². The summed E-state index contributed by atoms with van der Waals surface area (Å²) in [5, 5.41) is 0. The number of aryl methyl sites for hydroxylation is 1. The fourth-order valence-corrected chi connectivity index (χ4v) is 2.10. The lowest BCUT2D eigenvalue weighted by atomic mass is 10.0. The van der Waals surface area contributed by atoms with Gasteiger partial charge in [0, 0.05) is 7.05 Å². The minimum Gasteiger partial charge on any atom is -0.490 e. The molecule has 1 aromatic carbocycles. The Labute approximate surface area is 85.5 Å². The first-order chi connectivity index (χ1) is 6.74. The van der Waals surface area contributed by atoms with Crippen molar-refractivity contribution in [3.05, 3.63) is 23.3 Å². The molecule has 0 unspecified atom stereocenters. The van der Waals surface area contributed by atoms with Crippen LogP contribution in [0.25, 0.3) is 0 Å². The summed E-state index contributed by atoms with van der Waals surface area (Å²) < 4.78 is 5.63. The van der Waals surface area contributed by atoms with Gasteiger partial charge in [-0.2, -0.15) is 0 Å². The summed E-state index contributed by atoms with van der Waals surface area (Å²) in [6, 6.07) is 4.27. The Bertz CT molecular complexity index is 346. The van der Waals surface area contributed by atoms with Crippen LogP contribution in [0.5, 0.6) is 5.75 Å². The molecule has 0 aromatic heterocycles. The number of ether oxygens (including phenoxy) is 1. The molecule has 0 aliphatic carbocycles. The van der Waals surface area contributed by atoms with Crippen LogP contribution in [-0.2, 0) is 6.42 Å². The standard InChI is InChI=1S/C12H17NO/c1-4-10-5-6-11-12(9(10)2)13(3)7-8-14-11/h5-6H,4,7-8H2,1-3H3. The van der Waals surface area contributed by atoms with Crippen molar-refractivity contribution >= 4 is 5.69 Å². The van der Waals surface area contributed by atoms with Crippen LogP contribution >= 0.6 is 0 Å². The number of fused-ring (bicyclic) bond motifs is 1. The second-order valence-corrected chi connectivity index (χ2v) is 3.82. The molecule has 0 fully saturated rings. The predicted molar refractivity (Wildman–Crippen MR) is 59.3 cm³/mol. The maximum absolute atomic E-state index is 5.63. The maximum atomic E-state index is 5.63. The molecule has 0 amide bonds. The molecule has 76 valence electrons. The van der Waals surface area contributed by atoms with Gasteiger partial charge in [0.25, 0.3) is 0 Å². The average Bonchev–Trinajstić information content (AvgIpc) is 2.18. The van der Waals surface area contributed by atoms with E-state index in [1.54, 1.807) is 0 Å². The molecule has 1 aliphatic rings. The molecule has 2 heteroatoms. The van der Waals surface area contributed by atoms with E-state index in [1.807, 2.05) is 0 Å². The summed E-state index contributed by atoms with van der Waals surface area (Å²) in [5.74, 6) is 1.04. The summed E-state index contributed by atoms with van der Waals surface area (Å²) >= 11 is 0. The highest BCUT2D eigenvalue weighted by atomic mass is 16.5. The number of hydrogen-bond acceptors (Lipinski definition) is 2. The lowest BCUT2D eigenvalue weighted by molar-refractivity contribution is 0.311. The molecule has 0 N–H and O–H groups in total. The van der Waals surface area contributed by atoms with Crippen LogP contribution in [0.4, 0.5) is 5.69 Å². The maximum Gasteiger partial charge on any atom is 0.142 e. The fraction of sp³-hybridized carbons (Fsp3) is 0.500. The summed E-state index contributed by atoms with van der Waals surface area (Å²) in [6.07, 6.45) is 1.09. The molecule has 14 heavy (non-hydrogen) atoms. The molecule has 0 saturated heterocycles. The second-order valence-electron chi connectivity index (χ2n) is 3.82. The minimum absolute atomic E-state index is 0.800. The summed E-state index contributed by atoms with van der Waals surface area (Å²) in [5.41, 5.74) is 4.06. The van der Waals surface area contributed by atoms with E-state index in [2.05, 4.69) is 37.9 Å². The van der Waals surface area contributed by atoms with Gasteiger partial charge in [0.1, 0.15) is 12.4 Å². The highest BCUT2D eigenvalue weighted by Crippen LogP contribution is 2.35. The second kappa shape index (κ2) is 3.52. The van der Waals surface area contributed by atoms with Crippen molar-refractivity contribution in [2.24, 2.45) is 0 Å². The molecule has 0 bridgehead atoms. The van der Waals surface area contributed by atoms with Gasteiger partial charge >= 0.3 is 0 Å². The molecule has 2 rings (SSSR count). The van der Waals surface area contributed by atoms with E-state index < -0.39 is 0 Å². The van der Waals surface area contributed by atoms with Crippen LogP contribution in [0, 0.1) is 6.92 Å². The number of nitrogens with zero attached hydrogens (tertiary/aromatic N) is 1. The number of anilines is 1. The van der Waals surface area contributed by atoms with Crippen molar-refractivity contribution in [1.82, 2.24) is 0 Å². The molecular weight excluding hydrogens is 174 g/mol. The van der Waals surface area contributed by atoms with E-state index >= 15 is 0 Å². The van der Waals surface area contributed by atoms with Gasteiger partial charge in [0.05, 0.1) is 12.2 Å². The fourth-order valence-electron chi connectivity index (χ4n) is 2.10. The molecule has 1 heterocycles. The van der Waals surface area contributed by atoms with Crippen molar-refractivity contribution in [2.45, 2.75) is 20.3 Å². The Morgan fingerprint density at radius 3 is 2.93 bits per heavy atom. The normalized spacial score (nSPS) is 14.9. The zero-order chi connectivity index (χ0) is 10.1. The largest absolute Gasteiger partial charge is 0.490 e. The summed E-state index contributed by atoms with van der Waals surface area (Å²) in [4.78, 5) is 2.29. The van der Waals surface area contributed by atoms with E-state index in [1.165, 1.54) is 16.8 Å². The van der Waals surface area contributed by atoms with Gasteiger partial charge in [-0.3, -0.25) is 0 Å². The number of rotatable bonds is 1. The molecule has 1 aliphatic heterocycles. The topological polar surface area (TPSA) is 12.5 Å². The van der Waals surface area contributed by atoms with Crippen molar-refractivity contribution < 1.29 is 4.74 Å². The third-order valence-electron chi connectivity index (χ3n) is 2.95. The Morgan fingerprint density at radius 2 is 2.21 bits per heavy atom. The molecule has 0 spiro atoms. The monoisotopic (exact) mass is 191 g/mol. The first-order valence-electron chi connectivity index (χ1n) is 5.20. The van der Waals surface area contributed by atoms with Gasteiger partial charge in [-0.25, -0.2) is 0 Å². The highest BCUT2D eigenvalue weighted by molar-refractivity contribution is 5.66. The van der Waals surface area contributed by atoms with Crippen LogP contribution in [0.1, 0.15) is 18.1 Å². The quantitative estimate of drug-likeness (QED) is 0.675. The summed E-state index contributed by atoms with van der Waals surface area (Å²) in [6.45, 7) is 6.16. The van der Waals surface area contributed by atoms with Crippen molar-refractivity contribution in [3.63, 3.8) is 0 Å². The summed E-state index contributed by atoms with van der Waals surface area (Å²) in [7, 11) is 2.13. The van der Waals surface area contributed by atoms with Crippen LogP contribution < -0.4 is 9.64 Å². The van der Waals surface area contributed by atoms with Gasteiger partial charge in [-0.05, 0) is 30.5 Å². The third kappa shape index (κ3) is 1.35. The Kier molecular flexibility index (Phi) is 2.36. The predicted octanol–water partition coefficient (Wildman–Crippen LogP) is 2.39. The molecule has 0 atom stereocenters. The average molecular weight is 191 g/mol. The first-order valence-corrected chi connectivity index (χ1v) is 5.20. The van der Waals surface area contributed by atoms with Crippen LogP contribution in [-0.4, -0.2) is 20.2 Å². The van der Waals surface area contributed by atoms with E-state index in [0.717, 1.165) is 25.3 Å². The Hall–Kier alpha value is -1.18. The number of likely N-dealkylation sites (N-methyl/N-ethyl adjacent to an activating group) is 1. The molecule has 0 radical (unpaired) electrons.